The first-order valence-electron chi connectivity index (χ1n) is 11.4. The molecule has 3 aromatic carbocycles. The Morgan fingerprint density at radius 1 is 0.886 bits per heavy atom. The number of benzene rings is 3. The van der Waals surface area contributed by atoms with E-state index in [0.717, 1.165) is 23.4 Å². The average molecular weight is 493 g/mol. The summed E-state index contributed by atoms with van der Waals surface area (Å²) in [6.07, 6.45) is 5.30. The lowest BCUT2D eigenvalue weighted by molar-refractivity contribution is 0.355. The summed E-state index contributed by atoms with van der Waals surface area (Å²) in [6, 6.07) is 18.4. The highest BCUT2D eigenvalue weighted by molar-refractivity contribution is 7.92. The molecule has 0 aromatic heterocycles. The first-order valence-corrected chi connectivity index (χ1v) is 12.9. The van der Waals surface area contributed by atoms with Gasteiger partial charge >= 0.3 is 0 Å². The van der Waals surface area contributed by atoms with E-state index in [1.807, 2.05) is 18.2 Å². The van der Waals surface area contributed by atoms with Crippen molar-refractivity contribution in [1.82, 2.24) is 0 Å². The molecule has 1 aliphatic heterocycles. The van der Waals surface area contributed by atoms with Crippen molar-refractivity contribution in [3.8, 4) is 17.2 Å². The maximum absolute atomic E-state index is 13.2. The molecular formula is C27H28N2O5S. The summed E-state index contributed by atoms with van der Waals surface area (Å²) in [7, 11) is 0.900. The Bertz CT molecular complexity index is 1370. The first kappa shape index (κ1) is 23.1. The summed E-state index contributed by atoms with van der Waals surface area (Å²) in [6.45, 7) is 0. The smallest absolute Gasteiger partial charge is 0.261 e. The van der Waals surface area contributed by atoms with Crippen LogP contribution in [0.1, 0.15) is 29.5 Å². The number of ether oxygens (including phenoxy) is 3. The van der Waals surface area contributed by atoms with Crippen LogP contribution in [0.2, 0.25) is 0 Å². The van der Waals surface area contributed by atoms with E-state index in [1.54, 1.807) is 37.4 Å². The van der Waals surface area contributed by atoms with Crippen LogP contribution in [0.3, 0.4) is 0 Å². The Hall–Kier alpha value is -3.65. The number of rotatable bonds is 7. The highest BCUT2D eigenvalue weighted by atomic mass is 32.2. The van der Waals surface area contributed by atoms with E-state index in [-0.39, 0.29) is 16.9 Å². The van der Waals surface area contributed by atoms with Gasteiger partial charge in [0.05, 0.1) is 38.0 Å². The lowest BCUT2D eigenvalue weighted by atomic mass is 9.77. The van der Waals surface area contributed by atoms with Crippen molar-refractivity contribution in [3.63, 3.8) is 0 Å². The Labute approximate surface area is 205 Å². The minimum absolute atomic E-state index is 0.126. The number of allylic oxidation sites excluding steroid dienone is 2. The second-order valence-corrected chi connectivity index (χ2v) is 10.4. The quantitative estimate of drug-likeness (QED) is 0.433. The SMILES string of the molecule is COc1ccc([C@H]2Nc3ccc(S(=O)(=O)Nc4ccc(OC)c(OC)c4)cc3[C@H]3C=CC[C@H]32)cc1. The van der Waals surface area contributed by atoms with Gasteiger partial charge in [-0.05, 0) is 65.9 Å². The minimum Gasteiger partial charge on any atom is -0.497 e. The normalized spacial score (nSPS) is 20.4. The summed E-state index contributed by atoms with van der Waals surface area (Å²) in [5.41, 5.74) is 3.52. The molecular weight excluding hydrogens is 464 g/mol. The largest absolute Gasteiger partial charge is 0.497 e. The lowest BCUT2D eigenvalue weighted by Gasteiger charge is -2.37. The summed E-state index contributed by atoms with van der Waals surface area (Å²) in [5, 5.41) is 3.65. The lowest BCUT2D eigenvalue weighted by Crippen LogP contribution is -2.29. The van der Waals surface area contributed by atoms with Crippen molar-refractivity contribution >= 4 is 21.4 Å². The standard InChI is InChI=1S/C27H28N2O5S/c1-32-19-10-7-17(8-11-19)27-22-6-4-5-21(22)23-16-20(12-13-24(23)28-27)35(30,31)29-18-9-14-25(33-2)26(15-18)34-3/h4-5,7-16,21-22,27-29H,6H2,1-3H3/t21-,22+,27+/m0/s1. The summed E-state index contributed by atoms with van der Waals surface area (Å²) >= 11 is 0. The minimum atomic E-state index is -3.81. The van der Waals surface area contributed by atoms with E-state index in [4.69, 9.17) is 14.2 Å². The zero-order valence-electron chi connectivity index (χ0n) is 19.8. The van der Waals surface area contributed by atoms with Crippen LogP contribution in [0.4, 0.5) is 11.4 Å². The van der Waals surface area contributed by atoms with Gasteiger partial charge in [0.1, 0.15) is 5.75 Å². The van der Waals surface area contributed by atoms with Crippen molar-refractivity contribution in [2.75, 3.05) is 31.4 Å². The molecule has 1 aliphatic carbocycles. The monoisotopic (exact) mass is 492 g/mol. The molecule has 0 saturated heterocycles. The van der Waals surface area contributed by atoms with Gasteiger partial charge in [0, 0.05) is 17.7 Å². The summed E-state index contributed by atoms with van der Waals surface area (Å²) < 4.78 is 45.0. The van der Waals surface area contributed by atoms with E-state index in [1.165, 1.54) is 19.8 Å². The third-order valence-electron chi connectivity index (χ3n) is 6.76. The molecule has 0 spiro atoms. The van der Waals surface area contributed by atoms with E-state index < -0.39 is 10.0 Å². The molecule has 5 rings (SSSR count). The Kier molecular flexibility index (Phi) is 6.06. The van der Waals surface area contributed by atoms with Crippen LogP contribution in [0.5, 0.6) is 17.2 Å². The van der Waals surface area contributed by atoms with Crippen LogP contribution in [0, 0.1) is 5.92 Å². The average Bonchev–Trinajstić information content (AvgIpc) is 3.38. The zero-order valence-corrected chi connectivity index (χ0v) is 20.6. The molecule has 3 aromatic rings. The molecule has 3 atom stereocenters. The van der Waals surface area contributed by atoms with Gasteiger partial charge in [-0.2, -0.15) is 0 Å². The van der Waals surface area contributed by atoms with Gasteiger partial charge in [-0.15, -0.1) is 0 Å². The van der Waals surface area contributed by atoms with Gasteiger partial charge in [-0.3, -0.25) is 4.72 Å². The van der Waals surface area contributed by atoms with Crippen molar-refractivity contribution in [2.45, 2.75) is 23.3 Å². The Balaban J connectivity index is 1.44. The van der Waals surface area contributed by atoms with Crippen molar-refractivity contribution in [2.24, 2.45) is 5.92 Å². The predicted octanol–water partition coefficient (Wildman–Crippen LogP) is 5.34. The highest BCUT2D eigenvalue weighted by Gasteiger charge is 2.38. The highest BCUT2D eigenvalue weighted by Crippen LogP contribution is 2.50. The van der Waals surface area contributed by atoms with Crippen molar-refractivity contribution in [3.05, 3.63) is 83.9 Å². The third-order valence-corrected chi connectivity index (χ3v) is 8.13. The van der Waals surface area contributed by atoms with E-state index >= 15 is 0 Å². The Morgan fingerprint density at radius 3 is 2.37 bits per heavy atom. The maximum atomic E-state index is 13.2. The summed E-state index contributed by atoms with van der Waals surface area (Å²) in [4.78, 5) is 0.217. The fourth-order valence-electron chi connectivity index (χ4n) is 4.99. The van der Waals surface area contributed by atoms with Crippen molar-refractivity contribution in [1.29, 1.82) is 0 Å². The molecule has 7 nitrogen and oxygen atoms in total. The molecule has 0 radical (unpaired) electrons. The van der Waals surface area contributed by atoms with Gasteiger partial charge in [0.25, 0.3) is 10.0 Å². The third kappa shape index (κ3) is 4.30. The van der Waals surface area contributed by atoms with Crippen LogP contribution in [0.25, 0.3) is 0 Å². The van der Waals surface area contributed by atoms with E-state index in [9.17, 15) is 8.42 Å². The predicted molar refractivity (Wildman–Crippen MR) is 136 cm³/mol. The van der Waals surface area contributed by atoms with Crippen LogP contribution in [-0.2, 0) is 10.0 Å². The van der Waals surface area contributed by atoms with E-state index in [2.05, 4.69) is 34.3 Å². The molecule has 0 saturated carbocycles. The number of sulfonamides is 1. The Morgan fingerprint density at radius 2 is 1.66 bits per heavy atom. The molecule has 2 aliphatic rings. The molecule has 2 N–H and O–H groups in total. The molecule has 0 fully saturated rings. The number of hydrogen-bond donors (Lipinski definition) is 2. The molecule has 0 unspecified atom stereocenters. The van der Waals surface area contributed by atoms with Gasteiger partial charge in [0.15, 0.2) is 11.5 Å². The maximum Gasteiger partial charge on any atom is 0.261 e. The summed E-state index contributed by atoms with van der Waals surface area (Å²) in [5.74, 6) is 2.23. The number of methoxy groups -OCH3 is 3. The van der Waals surface area contributed by atoms with Crippen LogP contribution < -0.4 is 24.2 Å². The number of nitrogens with one attached hydrogen (secondary N) is 2. The number of hydrogen-bond acceptors (Lipinski definition) is 6. The van der Waals surface area contributed by atoms with Gasteiger partial charge in [-0.1, -0.05) is 24.3 Å². The van der Waals surface area contributed by atoms with Crippen LogP contribution in [0.15, 0.2) is 77.7 Å². The second-order valence-electron chi connectivity index (χ2n) is 8.67. The van der Waals surface area contributed by atoms with Crippen LogP contribution >= 0.6 is 0 Å². The number of anilines is 2. The fraction of sp³-hybridized carbons (Fsp3) is 0.259. The van der Waals surface area contributed by atoms with E-state index in [0.29, 0.717) is 23.1 Å². The fourth-order valence-corrected chi connectivity index (χ4v) is 6.08. The second kappa shape index (κ2) is 9.19. The zero-order chi connectivity index (χ0) is 24.6. The molecule has 1 heterocycles. The first-order chi connectivity index (χ1) is 16.9. The molecule has 0 bridgehead atoms. The topological polar surface area (TPSA) is 85.9 Å². The molecule has 35 heavy (non-hydrogen) atoms. The molecule has 0 amide bonds. The molecule has 8 heteroatoms. The van der Waals surface area contributed by atoms with Crippen molar-refractivity contribution < 1.29 is 22.6 Å². The van der Waals surface area contributed by atoms with Gasteiger partial charge < -0.3 is 19.5 Å². The van der Waals surface area contributed by atoms with Crippen LogP contribution in [-0.4, -0.2) is 29.7 Å². The number of fused-ring (bicyclic) bond motifs is 3. The molecule has 182 valence electrons. The van der Waals surface area contributed by atoms with Gasteiger partial charge in [-0.25, -0.2) is 8.42 Å². The van der Waals surface area contributed by atoms with Gasteiger partial charge in [0.2, 0.25) is 0 Å².